The van der Waals surface area contributed by atoms with Crippen LogP contribution in [0.1, 0.15) is 58.2 Å². The lowest BCUT2D eigenvalue weighted by Crippen LogP contribution is -2.48. The number of likely N-dealkylation sites (tertiary alicyclic amines) is 1. The molecule has 2 aliphatic carbocycles. The van der Waals surface area contributed by atoms with Crippen molar-refractivity contribution in [3.63, 3.8) is 0 Å². The van der Waals surface area contributed by atoms with E-state index in [9.17, 15) is 32.7 Å². The highest BCUT2D eigenvalue weighted by atomic mass is 79.9. The topological polar surface area (TPSA) is 148 Å². The number of carbonyl (C=O) groups excluding carboxylic acids is 2. The average Bonchev–Trinajstić information content (AvgIpc) is 3.62. The van der Waals surface area contributed by atoms with Crippen molar-refractivity contribution >= 4 is 50.8 Å². The Labute approximate surface area is 265 Å². The fraction of sp³-hybridized carbons (Fsp3) is 0.393. The molecule has 3 aromatic heterocycles. The molecule has 1 spiro atoms. The van der Waals surface area contributed by atoms with E-state index in [-0.39, 0.29) is 56.6 Å². The molecule has 2 amide bonds. The molecule has 45 heavy (non-hydrogen) atoms. The van der Waals surface area contributed by atoms with Crippen molar-refractivity contribution in [2.75, 3.05) is 18.4 Å². The zero-order chi connectivity index (χ0) is 32.0. The molecule has 0 bridgehead atoms. The van der Waals surface area contributed by atoms with E-state index < -0.39 is 29.0 Å². The van der Waals surface area contributed by atoms with Crippen molar-refractivity contribution in [1.82, 2.24) is 34.0 Å². The second kappa shape index (κ2) is 10.2. The van der Waals surface area contributed by atoms with Crippen LogP contribution in [0, 0.1) is 12.8 Å². The monoisotopic (exact) mass is 706 g/mol. The fourth-order valence-corrected chi connectivity index (χ4v) is 7.53. The van der Waals surface area contributed by atoms with E-state index in [4.69, 9.17) is 11.6 Å². The molecule has 1 saturated carbocycles. The number of aromatic nitrogens is 6. The number of fused-ring (bicyclic) bond motifs is 6. The van der Waals surface area contributed by atoms with Gasteiger partial charge in [-0.05, 0) is 66.2 Å². The molecule has 12 nitrogen and oxygen atoms in total. The van der Waals surface area contributed by atoms with Crippen LogP contribution in [0.15, 0.2) is 34.1 Å². The fourth-order valence-electron chi connectivity index (χ4n) is 6.98. The summed E-state index contributed by atoms with van der Waals surface area (Å²) in [6.07, 6.45) is -1.64. The van der Waals surface area contributed by atoms with Crippen molar-refractivity contribution in [3.05, 3.63) is 72.8 Å². The van der Waals surface area contributed by atoms with Crippen LogP contribution in [0.25, 0.3) is 5.78 Å². The molecule has 1 saturated heterocycles. The predicted octanol–water partition coefficient (Wildman–Crippen LogP) is 4.06. The number of rotatable bonds is 4. The number of hydrogen-bond acceptors (Lipinski definition) is 8. The molecule has 3 aliphatic rings. The van der Waals surface area contributed by atoms with Gasteiger partial charge in [0.25, 0.3) is 11.5 Å². The van der Waals surface area contributed by atoms with Gasteiger partial charge in [0.15, 0.2) is 11.4 Å². The molecule has 234 valence electrons. The number of carbonyl (C=O) groups is 2. The maximum atomic E-state index is 14.0. The van der Waals surface area contributed by atoms with Crippen molar-refractivity contribution < 1.29 is 27.9 Å². The summed E-state index contributed by atoms with van der Waals surface area (Å²) in [5, 5.41) is 16.9. The first-order chi connectivity index (χ1) is 21.3. The normalized spacial score (nSPS) is 19.9. The summed E-state index contributed by atoms with van der Waals surface area (Å²) in [7, 11) is 0. The number of benzene rings is 1. The van der Waals surface area contributed by atoms with Crippen molar-refractivity contribution in [3.8, 4) is 5.75 Å². The minimum absolute atomic E-state index is 0.00810. The maximum Gasteiger partial charge on any atom is 0.416 e. The van der Waals surface area contributed by atoms with Gasteiger partial charge in [0.2, 0.25) is 16.4 Å². The van der Waals surface area contributed by atoms with Crippen molar-refractivity contribution in [1.29, 1.82) is 0 Å². The molecule has 4 heterocycles. The van der Waals surface area contributed by atoms with Gasteiger partial charge < -0.3 is 19.9 Å². The second-order valence-corrected chi connectivity index (χ2v) is 12.7. The summed E-state index contributed by atoms with van der Waals surface area (Å²) in [5.74, 6) is -1.04. The van der Waals surface area contributed by atoms with Crippen LogP contribution < -0.4 is 10.9 Å². The largest absolute Gasteiger partial charge is 0.504 e. The first-order valence-corrected chi connectivity index (χ1v) is 15.1. The summed E-state index contributed by atoms with van der Waals surface area (Å²) in [6, 6.07) is 2.66. The van der Waals surface area contributed by atoms with Crippen LogP contribution in [0.2, 0.25) is 5.02 Å². The van der Waals surface area contributed by atoms with E-state index in [1.54, 1.807) is 16.4 Å². The number of amides is 2. The summed E-state index contributed by atoms with van der Waals surface area (Å²) < 4.78 is 42.2. The number of hydrogen-bond donors (Lipinski definition) is 2. The Bertz CT molecular complexity index is 1990. The average molecular weight is 708 g/mol. The minimum Gasteiger partial charge on any atom is -0.504 e. The Morgan fingerprint density at radius 1 is 1.22 bits per heavy atom. The first-order valence-electron chi connectivity index (χ1n) is 14.0. The number of anilines is 1. The molecule has 7 rings (SSSR count). The van der Waals surface area contributed by atoms with Gasteiger partial charge in [0.1, 0.15) is 12.9 Å². The highest BCUT2D eigenvalue weighted by Crippen LogP contribution is 2.67. The maximum absolute atomic E-state index is 14.0. The Balaban J connectivity index is 1.21. The molecule has 0 unspecified atom stereocenters. The number of aryl methyl sites for hydroxylation is 1. The lowest BCUT2D eigenvalue weighted by molar-refractivity contribution is -0.137. The summed E-state index contributed by atoms with van der Waals surface area (Å²) in [4.78, 5) is 54.4. The van der Waals surface area contributed by atoms with Crippen molar-refractivity contribution in [2.24, 2.45) is 5.92 Å². The van der Waals surface area contributed by atoms with E-state index in [1.165, 1.54) is 6.33 Å². The highest BCUT2D eigenvalue weighted by Gasteiger charge is 2.64. The molecule has 1 aliphatic heterocycles. The number of piperidine rings is 1. The number of alkyl halides is 3. The van der Waals surface area contributed by atoms with E-state index in [1.807, 2.05) is 0 Å². The Kier molecular flexibility index (Phi) is 6.74. The van der Waals surface area contributed by atoms with E-state index in [0.29, 0.717) is 42.9 Å². The standard InChI is InChI=1S/C28H23BrClF3N8O4/c1-12-22(43)20(35-11-34-12)24(45)39-6-4-27(5-7-39)15-9-14(15)21-19(27)23(44)41-26(37-25(29)38-41)40(21)10-18(42)36-17-3-2-13(8-16(17)30)28(31,32)33/h2-3,8,11,14-15,43H,4-7,9-10H2,1H3,(H,36,42)/t14-,15+/m0/s1. The third-order valence-corrected chi connectivity index (χ3v) is 9.78. The summed E-state index contributed by atoms with van der Waals surface area (Å²) in [6.45, 7) is 1.91. The highest BCUT2D eigenvalue weighted by molar-refractivity contribution is 9.10. The molecule has 17 heteroatoms. The molecule has 4 aromatic rings. The zero-order valence-electron chi connectivity index (χ0n) is 23.4. The van der Waals surface area contributed by atoms with Gasteiger partial charge in [-0.25, -0.2) is 9.97 Å². The Morgan fingerprint density at radius 2 is 1.96 bits per heavy atom. The third-order valence-electron chi connectivity index (χ3n) is 9.13. The number of nitrogens with zero attached hydrogens (tertiary/aromatic N) is 7. The van der Waals surface area contributed by atoms with Crippen LogP contribution >= 0.6 is 27.5 Å². The van der Waals surface area contributed by atoms with Crippen molar-refractivity contribution in [2.45, 2.75) is 50.2 Å². The Hall–Kier alpha value is -4.05. The van der Waals surface area contributed by atoms with E-state index in [2.05, 4.69) is 41.3 Å². The summed E-state index contributed by atoms with van der Waals surface area (Å²) in [5.41, 5.74) is -0.437. The van der Waals surface area contributed by atoms with Crippen LogP contribution in [0.5, 0.6) is 5.75 Å². The molecular formula is C28H23BrClF3N8O4. The van der Waals surface area contributed by atoms with E-state index >= 15 is 0 Å². The van der Waals surface area contributed by atoms with Gasteiger partial charge >= 0.3 is 6.18 Å². The van der Waals surface area contributed by atoms with Crippen LogP contribution in [0.4, 0.5) is 18.9 Å². The van der Waals surface area contributed by atoms with Crippen LogP contribution in [-0.2, 0) is 22.9 Å². The predicted molar refractivity (Wildman–Crippen MR) is 156 cm³/mol. The molecule has 0 radical (unpaired) electrons. The summed E-state index contributed by atoms with van der Waals surface area (Å²) >= 11 is 9.29. The molecule has 2 atom stereocenters. The lowest BCUT2D eigenvalue weighted by atomic mass is 9.71. The quantitative estimate of drug-likeness (QED) is 0.323. The van der Waals surface area contributed by atoms with Gasteiger partial charge in [0, 0.05) is 35.7 Å². The lowest BCUT2D eigenvalue weighted by Gasteiger charge is -2.41. The second-order valence-electron chi connectivity index (χ2n) is 11.5. The number of halogens is 5. The zero-order valence-corrected chi connectivity index (χ0v) is 25.7. The van der Waals surface area contributed by atoms with Gasteiger partial charge in [0.05, 0.1) is 22.0 Å². The number of nitrogens with one attached hydrogen (secondary N) is 1. The van der Waals surface area contributed by atoms with Crippen LogP contribution in [-0.4, -0.2) is 64.0 Å². The third kappa shape index (κ3) is 4.67. The van der Waals surface area contributed by atoms with Gasteiger partial charge in [-0.15, -0.1) is 5.10 Å². The Morgan fingerprint density at radius 3 is 2.64 bits per heavy atom. The number of aromatic hydroxyl groups is 1. The smallest absolute Gasteiger partial charge is 0.416 e. The molecule has 2 fully saturated rings. The van der Waals surface area contributed by atoms with Gasteiger partial charge in [-0.2, -0.15) is 22.7 Å². The first kappa shape index (κ1) is 29.6. The van der Waals surface area contributed by atoms with Crippen LogP contribution in [0.3, 0.4) is 0 Å². The molecule has 1 aromatic carbocycles. The minimum atomic E-state index is -4.59. The van der Waals surface area contributed by atoms with E-state index in [0.717, 1.165) is 29.1 Å². The van der Waals surface area contributed by atoms with Gasteiger partial charge in [-0.1, -0.05) is 11.6 Å². The van der Waals surface area contributed by atoms with Gasteiger partial charge in [-0.3, -0.25) is 14.4 Å². The molecule has 2 N–H and O–H groups in total. The molecular weight excluding hydrogens is 685 g/mol. The SMILES string of the molecule is Cc1ncnc(C(=O)N2CCC3(CC2)c2c(n(CC(=O)Nc4ccc(C(F)(F)F)cc4Cl)c4nc(Br)nn4c2=O)[C@H]2C[C@H]23)c1O.